The smallest absolute Gasteiger partial charge is 0.206 e. The van der Waals surface area contributed by atoms with Crippen LogP contribution < -0.4 is 31.6 Å². The highest BCUT2D eigenvalue weighted by molar-refractivity contribution is 9.09. The van der Waals surface area contributed by atoms with Gasteiger partial charge in [-0.05, 0) is 119 Å². The number of carbonyl (C=O) groups is 2. The predicted octanol–water partition coefficient (Wildman–Crippen LogP) is 8.73. The van der Waals surface area contributed by atoms with Crippen LogP contribution in [0.5, 0.6) is 11.5 Å². The zero-order valence-corrected chi connectivity index (χ0v) is 41.2. The van der Waals surface area contributed by atoms with Crippen LogP contribution in [0.4, 0.5) is 22.3 Å². The largest absolute Gasteiger partial charge is 0.492 e. The molecule has 5 aromatic rings. The molecule has 64 heavy (non-hydrogen) atoms. The zero-order valence-electron chi connectivity index (χ0n) is 35.8. The van der Waals surface area contributed by atoms with Crippen LogP contribution in [0.25, 0.3) is 0 Å². The predicted molar refractivity (Wildman–Crippen MR) is 278 cm³/mol. The van der Waals surface area contributed by atoms with E-state index in [1.165, 1.54) is 23.1 Å². The number of ether oxygens (including phenoxy) is 2. The number of nitrogens with one attached hydrogen (secondary N) is 2. The molecule has 5 rings (SSSR count). The average Bonchev–Trinajstić information content (AvgIpc) is 3.63. The van der Waals surface area contributed by atoms with Gasteiger partial charge in [-0.2, -0.15) is 25.4 Å². The molecule has 340 valence electrons. The lowest BCUT2D eigenvalue weighted by Gasteiger charge is -2.11. The fourth-order valence-electron chi connectivity index (χ4n) is 4.76. The first-order chi connectivity index (χ1) is 29.7. The van der Waals surface area contributed by atoms with Gasteiger partial charge >= 0.3 is 0 Å². The van der Waals surface area contributed by atoms with Gasteiger partial charge in [0, 0.05) is 35.6 Å². The topological polar surface area (TPSA) is 208 Å². The zero-order chi connectivity index (χ0) is 45.4. The number of anilines is 4. The Balaban J connectivity index is 0.000000514. The molecule has 0 radical (unpaired) electrons. The van der Waals surface area contributed by atoms with Crippen LogP contribution in [-0.4, -0.2) is 102 Å². The standard InChI is InChI=1S/C21H21N5O2S.C14H22N4OS2.C9H6BrNO.CH4.H3P/c1-26(2)10-11-28-17-8-6-16(7-9-17)24-21-25-20(23)19(29-21)18(27)15-5-3-4-14(12-15)13-22;1-4-21-13(15)17-14(20)16-11-5-7-12(8-6-11)19-10-9-18(2)3;10-5-9(12)8-3-1-2-7(4-8)6-11;;/h3-9,12H,10-11,23H2,1-2H3,(H,24,25);5-8H,4,9-10H2,1-3H3,(H3,15,16,17,20);1-4H,5H2;1H4;1H3. The third-order valence-electron chi connectivity index (χ3n) is 7.88. The molecule has 0 amide bonds. The molecule has 14 nitrogen and oxygen atoms in total. The Morgan fingerprint density at radius 2 is 1.36 bits per heavy atom. The molecular formula is C45H56BrN10O4PS3. The van der Waals surface area contributed by atoms with Crippen molar-refractivity contribution in [2.24, 2.45) is 10.7 Å². The molecule has 0 fully saturated rings. The van der Waals surface area contributed by atoms with Crippen LogP contribution >= 0.6 is 61.1 Å². The van der Waals surface area contributed by atoms with Crippen molar-refractivity contribution >= 4 is 105 Å². The quantitative estimate of drug-likeness (QED) is 0.0182. The van der Waals surface area contributed by atoms with Gasteiger partial charge in [0.1, 0.15) is 35.4 Å². The summed E-state index contributed by atoms with van der Waals surface area (Å²) in [6.45, 7) is 5.01. The summed E-state index contributed by atoms with van der Waals surface area (Å²) in [4.78, 5) is 36.7. The van der Waals surface area contributed by atoms with Crippen molar-refractivity contribution in [2.45, 2.75) is 14.4 Å². The number of thioether (sulfide) groups is 1. The molecule has 1 heterocycles. The molecule has 19 heteroatoms. The Hall–Kier alpha value is -5.43. The van der Waals surface area contributed by atoms with Crippen LogP contribution in [0.1, 0.15) is 51.1 Å². The van der Waals surface area contributed by atoms with Gasteiger partial charge < -0.3 is 41.4 Å². The van der Waals surface area contributed by atoms with Crippen molar-refractivity contribution in [3.05, 3.63) is 124 Å². The first-order valence-corrected chi connectivity index (χ1v) is 22.3. The number of hydrogen-bond donors (Lipinski definition) is 4. The van der Waals surface area contributed by atoms with E-state index in [1.54, 1.807) is 48.5 Å². The molecule has 0 aliphatic heterocycles. The summed E-state index contributed by atoms with van der Waals surface area (Å²) in [5.74, 6) is 2.38. The fraction of sp³-hybridized carbons (Fsp3) is 0.267. The van der Waals surface area contributed by atoms with Crippen molar-refractivity contribution in [3.8, 4) is 23.6 Å². The highest BCUT2D eigenvalue weighted by Crippen LogP contribution is 2.30. The lowest BCUT2D eigenvalue weighted by Crippen LogP contribution is -2.19. The van der Waals surface area contributed by atoms with E-state index >= 15 is 0 Å². The third-order valence-corrected chi connectivity index (χ3v) is 10.2. The molecule has 0 aliphatic rings. The van der Waals surface area contributed by atoms with Gasteiger partial charge in [0.2, 0.25) is 5.78 Å². The maximum Gasteiger partial charge on any atom is 0.206 e. The number of alkyl halides is 1. The van der Waals surface area contributed by atoms with Gasteiger partial charge in [0.05, 0.1) is 28.6 Å². The molecular weight excluding hydrogens is 952 g/mol. The minimum Gasteiger partial charge on any atom is -0.492 e. The van der Waals surface area contributed by atoms with Gasteiger partial charge in [-0.1, -0.05) is 77.6 Å². The number of carbonyl (C=O) groups excluding carboxylic acids is 2. The first kappa shape index (κ1) is 56.6. The number of likely N-dealkylation sites (N-methyl/N-ethyl adjacent to an activating group) is 2. The summed E-state index contributed by atoms with van der Waals surface area (Å²) < 4.78 is 11.3. The van der Waals surface area contributed by atoms with E-state index in [0.29, 0.717) is 61.1 Å². The second-order valence-electron chi connectivity index (χ2n) is 13.3. The van der Waals surface area contributed by atoms with Gasteiger partial charge in [-0.3, -0.25) is 9.59 Å². The van der Waals surface area contributed by atoms with E-state index < -0.39 is 0 Å². The number of nitrogens with two attached hydrogens (primary N) is 2. The van der Waals surface area contributed by atoms with Crippen LogP contribution in [0.15, 0.2) is 102 Å². The number of aromatic nitrogens is 1. The van der Waals surface area contributed by atoms with Crippen molar-refractivity contribution in [1.29, 1.82) is 10.5 Å². The maximum atomic E-state index is 12.7. The number of halogens is 1. The van der Waals surface area contributed by atoms with E-state index in [4.69, 9.17) is 43.7 Å². The van der Waals surface area contributed by atoms with E-state index in [0.717, 1.165) is 41.7 Å². The molecule has 4 aromatic carbocycles. The lowest BCUT2D eigenvalue weighted by atomic mass is 10.1. The number of amidine groups is 1. The number of hydrogen-bond acceptors (Lipinski definition) is 14. The Kier molecular flexibility index (Phi) is 27.1. The summed E-state index contributed by atoms with van der Waals surface area (Å²) in [6.07, 6.45) is 0. The molecule has 1 atom stereocenters. The highest BCUT2D eigenvalue weighted by atomic mass is 79.9. The molecule has 0 spiro atoms. The number of Topliss-reactive ketones (excluding diaryl/α,β-unsaturated/α-hetero) is 1. The number of nitriles is 2. The normalized spacial score (nSPS) is 10.2. The van der Waals surface area contributed by atoms with Crippen molar-refractivity contribution < 1.29 is 19.1 Å². The number of rotatable bonds is 16. The number of nitrogen functional groups attached to an aromatic ring is 1. The molecule has 0 saturated carbocycles. The monoisotopic (exact) mass is 1010 g/mol. The fourth-order valence-corrected chi connectivity index (χ4v) is 6.68. The third kappa shape index (κ3) is 20.8. The first-order valence-electron chi connectivity index (χ1n) is 19.0. The van der Waals surface area contributed by atoms with Crippen molar-refractivity contribution in [1.82, 2.24) is 14.8 Å². The molecule has 0 bridgehead atoms. The van der Waals surface area contributed by atoms with Gasteiger partial charge in [-0.15, -0.1) is 0 Å². The Bertz CT molecular complexity index is 2350. The highest BCUT2D eigenvalue weighted by Gasteiger charge is 2.18. The minimum atomic E-state index is -0.255. The summed E-state index contributed by atoms with van der Waals surface area (Å²) in [5.41, 5.74) is 15.2. The summed E-state index contributed by atoms with van der Waals surface area (Å²) in [7, 11) is 8.02. The van der Waals surface area contributed by atoms with E-state index in [9.17, 15) is 9.59 Å². The van der Waals surface area contributed by atoms with Crippen molar-refractivity contribution in [3.63, 3.8) is 0 Å². The van der Waals surface area contributed by atoms with Crippen LogP contribution in [0, 0.1) is 22.7 Å². The molecule has 0 saturated heterocycles. The summed E-state index contributed by atoms with van der Waals surface area (Å²) in [6, 6.07) is 32.3. The number of aliphatic imine (C=N–C) groups is 1. The molecule has 1 aromatic heterocycles. The van der Waals surface area contributed by atoms with Crippen LogP contribution in [0.3, 0.4) is 0 Å². The number of ketones is 2. The Morgan fingerprint density at radius 3 is 1.84 bits per heavy atom. The number of thiocarbonyl (C=S) groups is 1. The van der Waals surface area contributed by atoms with Gasteiger partial charge in [0.25, 0.3) is 0 Å². The van der Waals surface area contributed by atoms with Crippen molar-refractivity contribution in [2.75, 3.05) is 81.9 Å². The minimum absolute atomic E-state index is 0. The summed E-state index contributed by atoms with van der Waals surface area (Å²) >= 11 is 10.8. The summed E-state index contributed by atoms with van der Waals surface area (Å²) in [5, 5.41) is 25.4. The second kappa shape index (κ2) is 30.6. The maximum absolute atomic E-state index is 12.7. The number of thiazole rings is 1. The Morgan fingerprint density at radius 1 is 0.859 bits per heavy atom. The number of benzene rings is 4. The SMILES string of the molecule is C.CCSC(N)=NC(=S)Nc1ccc(OCCN(C)C)cc1.CN(C)CCOc1ccc(Nc2nc(N)c(C(=O)c3cccc(C#N)c3)s2)cc1.N#Cc1cccc(C(=O)CBr)c1.P. The van der Waals surface area contributed by atoms with Crippen LogP contribution in [-0.2, 0) is 0 Å². The molecule has 1 unspecified atom stereocenters. The number of nitrogens with zero attached hydrogens (tertiary/aromatic N) is 6. The Labute approximate surface area is 402 Å². The van der Waals surface area contributed by atoms with E-state index in [2.05, 4.69) is 46.3 Å². The molecule has 0 aliphatic carbocycles. The van der Waals surface area contributed by atoms with Gasteiger partial charge in [-0.25, -0.2) is 4.98 Å². The lowest BCUT2D eigenvalue weighted by molar-refractivity contribution is 0.102. The van der Waals surface area contributed by atoms with E-state index in [-0.39, 0.29) is 34.7 Å². The van der Waals surface area contributed by atoms with Gasteiger partial charge in [0.15, 0.2) is 21.2 Å². The second-order valence-corrected chi connectivity index (χ2v) is 16.5. The van der Waals surface area contributed by atoms with E-state index in [1.807, 2.05) is 95.8 Å². The van der Waals surface area contributed by atoms with Crippen LogP contribution in [0.2, 0.25) is 0 Å². The average molecular weight is 1010 g/mol. The molecule has 6 N–H and O–H groups in total.